The average molecular weight is 699 g/mol. The molecule has 0 aromatic rings. The maximum absolute atomic E-state index is 10.4. The first-order valence-corrected chi connectivity index (χ1v) is 17.1. The van der Waals surface area contributed by atoms with E-state index >= 15 is 0 Å². The van der Waals surface area contributed by atoms with Crippen molar-refractivity contribution in [3.8, 4) is 0 Å². The van der Waals surface area contributed by atoms with Crippen LogP contribution in [-0.2, 0) is 61.6 Å². The van der Waals surface area contributed by atoms with Crippen molar-refractivity contribution in [3.63, 3.8) is 0 Å². The number of halogens is 1. The van der Waals surface area contributed by atoms with E-state index in [4.69, 9.17) is 83.4 Å². The molecule has 3 N–H and O–H groups in total. The predicted molar refractivity (Wildman–Crippen MR) is 155 cm³/mol. The zero-order valence-electron chi connectivity index (χ0n) is 26.2. The first kappa shape index (κ1) is 35.1. The van der Waals surface area contributed by atoms with Gasteiger partial charge in [0, 0.05) is 0 Å². The highest BCUT2D eigenvalue weighted by molar-refractivity contribution is 6.18. The van der Waals surface area contributed by atoms with E-state index in [0.717, 1.165) is 19.8 Å². The van der Waals surface area contributed by atoms with Crippen molar-refractivity contribution in [2.75, 3.05) is 91.8 Å². The fourth-order valence-electron chi connectivity index (χ4n) is 6.35. The third-order valence-electron chi connectivity index (χ3n) is 9.30. The summed E-state index contributed by atoms with van der Waals surface area (Å²) < 4.78 is 72.1. The largest absolute Gasteiger partial charge is 0.388 e. The van der Waals surface area contributed by atoms with Crippen LogP contribution in [-0.4, -0.2) is 205 Å². The Kier molecular flexibility index (Phi) is 12.2. The SMILES string of the molecule is ClCC1CO1.OC(CO[C@H]1CO[C@H]2[C@@H]1OC[C@H]2OCC1CO1)CO[C@@H]1CO[C@H]2[C@@H]1OC[C@@H]2OCC1CO1.O[C@@H]1CO[C@H]2[C@@H]1OC[C@H]2O. The van der Waals surface area contributed by atoms with E-state index in [0.29, 0.717) is 51.6 Å². The van der Waals surface area contributed by atoms with Gasteiger partial charge in [-0.1, -0.05) is 0 Å². The molecule has 16 atom stereocenters. The highest BCUT2D eigenvalue weighted by Crippen LogP contribution is 2.33. The van der Waals surface area contributed by atoms with Crippen molar-refractivity contribution >= 4 is 11.6 Å². The number of aliphatic hydroxyl groups is 3. The number of hydrogen-bond donors (Lipinski definition) is 3. The average Bonchev–Trinajstić information content (AvgIpc) is 4.03. The van der Waals surface area contributed by atoms with E-state index in [1.165, 1.54) is 0 Å². The quantitative estimate of drug-likeness (QED) is 0.134. The summed E-state index contributed by atoms with van der Waals surface area (Å²) >= 11 is 5.27. The Morgan fingerprint density at radius 3 is 1.13 bits per heavy atom. The summed E-state index contributed by atoms with van der Waals surface area (Å²) in [7, 11) is 0. The number of rotatable bonds is 13. The van der Waals surface area contributed by atoms with Crippen molar-refractivity contribution in [3.05, 3.63) is 0 Å². The first-order valence-electron chi connectivity index (χ1n) is 16.6. The molecule has 4 unspecified atom stereocenters. The van der Waals surface area contributed by atoms with E-state index in [-0.39, 0.29) is 99.7 Å². The molecule has 0 aliphatic carbocycles. The Hall–Kier alpha value is -0.350. The predicted octanol–water partition coefficient (Wildman–Crippen LogP) is -2.59. The molecule has 0 amide bonds. The topological polar surface area (TPSA) is 191 Å². The van der Waals surface area contributed by atoms with Crippen LogP contribution in [0, 0.1) is 0 Å². The Balaban J connectivity index is 0.000000191. The van der Waals surface area contributed by atoms with Gasteiger partial charge < -0.3 is 76.9 Å². The van der Waals surface area contributed by atoms with Gasteiger partial charge in [0.2, 0.25) is 0 Å². The van der Waals surface area contributed by atoms with Crippen molar-refractivity contribution in [1.29, 1.82) is 0 Å². The van der Waals surface area contributed by atoms with Gasteiger partial charge in [0.25, 0.3) is 0 Å². The molecule has 9 saturated heterocycles. The van der Waals surface area contributed by atoms with Gasteiger partial charge in [-0.3, -0.25) is 0 Å². The monoisotopic (exact) mass is 698 g/mol. The lowest BCUT2D eigenvalue weighted by Crippen LogP contribution is -2.38. The minimum Gasteiger partial charge on any atom is -0.388 e. The van der Waals surface area contributed by atoms with Crippen molar-refractivity contribution < 1.29 is 76.9 Å². The molecule has 9 fully saturated rings. The molecule has 0 aromatic heterocycles. The molecule has 0 radical (unpaired) electrons. The van der Waals surface area contributed by atoms with Gasteiger partial charge in [-0.2, -0.15) is 0 Å². The zero-order chi connectivity index (χ0) is 32.3. The number of fused-ring (bicyclic) bond motifs is 3. The van der Waals surface area contributed by atoms with Gasteiger partial charge in [-0.15, -0.1) is 11.6 Å². The van der Waals surface area contributed by atoms with Gasteiger partial charge in [0.1, 0.15) is 91.6 Å². The Morgan fingerprint density at radius 2 is 0.809 bits per heavy atom. The van der Waals surface area contributed by atoms with Gasteiger partial charge >= 0.3 is 0 Å². The molecule has 17 heteroatoms. The molecule has 9 aliphatic heterocycles. The van der Waals surface area contributed by atoms with E-state index in [9.17, 15) is 5.11 Å². The molecule has 270 valence electrons. The summed E-state index contributed by atoms with van der Waals surface area (Å²) in [5.74, 6) is 0.667. The van der Waals surface area contributed by atoms with Gasteiger partial charge in [-0.25, -0.2) is 0 Å². The van der Waals surface area contributed by atoms with Crippen LogP contribution in [0.4, 0.5) is 0 Å². The van der Waals surface area contributed by atoms with Crippen LogP contribution in [0.15, 0.2) is 0 Å². The maximum Gasteiger partial charge on any atom is 0.115 e. The summed E-state index contributed by atoms with van der Waals surface area (Å²) in [6, 6.07) is 0. The van der Waals surface area contributed by atoms with E-state index < -0.39 is 18.3 Å². The molecule has 0 spiro atoms. The van der Waals surface area contributed by atoms with Crippen LogP contribution in [0.5, 0.6) is 0 Å². The molecule has 9 aliphatic rings. The van der Waals surface area contributed by atoms with Gasteiger partial charge in [0.05, 0.1) is 97.9 Å². The molecule has 0 saturated carbocycles. The minimum absolute atomic E-state index is 0.0996. The van der Waals surface area contributed by atoms with Crippen LogP contribution < -0.4 is 0 Å². The molecule has 9 rings (SSSR count). The second-order valence-corrected chi connectivity index (χ2v) is 13.4. The third-order valence-corrected chi connectivity index (χ3v) is 9.65. The number of aliphatic hydroxyl groups excluding tert-OH is 3. The number of alkyl halides is 1. The fraction of sp³-hybridized carbons (Fsp3) is 1.00. The van der Waals surface area contributed by atoms with E-state index in [1.807, 2.05) is 0 Å². The van der Waals surface area contributed by atoms with Crippen molar-refractivity contribution in [2.45, 2.75) is 97.7 Å². The summed E-state index contributed by atoms with van der Waals surface area (Å²) in [6.07, 6.45) is -2.94. The molecule has 16 nitrogen and oxygen atoms in total. The molecule has 0 bridgehead atoms. The van der Waals surface area contributed by atoms with Crippen molar-refractivity contribution in [2.24, 2.45) is 0 Å². The highest BCUT2D eigenvalue weighted by atomic mass is 35.5. The summed E-state index contributed by atoms with van der Waals surface area (Å²) in [4.78, 5) is 0. The normalized spacial score (nSPS) is 47.4. The zero-order valence-corrected chi connectivity index (χ0v) is 26.9. The summed E-state index contributed by atoms with van der Waals surface area (Å²) in [5.41, 5.74) is 0. The van der Waals surface area contributed by atoms with E-state index in [2.05, 4.69) is 0 Å². The highest BCUT2D eigenvalue weighted by Gasteiger charge is 2.51. The Morgan fingerprint density at radius 1 is 0.468 bits per heavy atom. The smallest absolute Gasteiger partial charge is 0.115 e. The minimum atomic E-state index is -0.769. The Labute approximate surface area is 277 Å². The van der Waals surface area contributed by atoms with Gasteiger partial charge in [-0.05, 0) is 0 Å². The Bertz CT molecular complexity index is 904. The lowest BCUT2D eigenvalue weighted by Gasteiger charge is -2.21. The second-order valence-electron chi connectivity index (χ2n) is 13.1. The second kappa shape index (κ2) is 16.3. The van der Waals surface area contributed by atoms with Gasteiger partial charge in [0.15, 0.2) is 0 Å². The molecular weight excluding hydrogens is 652 g/mol. The molecule has 9 heterocycles. The standard InChI is InChI=1S/C21H32O11.C6H10O4.C3H5ClO/c22-11(1-25-14-7-29-20-16(9-31-18(14)20)27-5-12-3-23-12)2-26-15-8-30-21-17(10-32-19(15)21)28-6-13-4-24-13;7-3-1-9-6-4(8)2-10-5(3)6;4-1-3-2-5-3/h11-22H,1-10H2;3-8H,1-2H2;3H,1-2H2/t11?,12?,13?,14-,15+,16+,17-,18-,19-,20-,21-;3-,4-,5-,6-;/m11./s1. The van der Waals surface area contributed by atoms with Crippen LogP contribution in [0.3, 0.4) is 0 Å². The fourth-order valence-corrected chi connectivity index (χ4v) is 6.53. The lowest BCUT2D eigenvalue weighted by atomic mass is 10.1. The number of epoxide rings is 3. The summed E-state index contributed by atoms with van der Waals surface area (Å²) in [6.45, 7) is 6.19. The van der Waals surface area contributed by atoms with Crippen LogP contribution in [0.25, 0.3) is 0 Å². The van der Waals surface area contributed by atoms with Crippen LogP contribution >= 0.6 is 11.6 Å². The van der Waals surface area contributed by atoms with E-state index in [1.54, 1.807) is 0 Å². The molecular formula is C30H47ClO16. The number of ether oxygens (including phenoxy) is 13. The van der Waals surface area contributed by atoms with Crippen LogP contribution in [0.2, 0.25) is 0 Å². The third kappa shape index (κ3) is 9.31. The molecule has 47 heavy (non-hydrogen) atoms. The first-order chi connectivity index (χ1) is 23.0. The molecule has 0 aromatic carbocycles. The van der Waals surface area contributed by atoms with Crippen LogP contribution in [0.1, 0.15) is 0 Å². The van der Waals surface area contributed by atoms with Crippen molar-refractivity contribution in [1.82, 2.24) is 0 Å². The maximum atomic E-state index is 10.4. The number of hydrogen-bond acceptors (Lipinski definition) is 16. The lowest BCUT2D eigenvalue weighted by molar-refractivity contribution is -0.101. The summed E-state index contributed by atoms with van der Waals surface area (Å²) in [5, 5.41) is 28.7.